The molecular formula is C21H14O6. The molecule has 27 heavy (non-hydrogen) atoms. The van der Waals surface area contributed by atoms with E-state index in [4.69, 9.17) is 23.0 Å². The van der Waals surface area contributed by atoms with Crippen LogP contribution in [0.25, 0.3) is 32.9 Å². The number of hydrogen-bond donors (Lipinski definition) is 0. The SMILES string of the molecule is C=C(C)C1Cc2cc3c(cc2O1)oc(=O)c1c2cc4c(cc2oc31)OCO4. The van der Waals surface area contributed by atoms with Gasteiger partial charge in [0.05, 0.1) is 5.39 Å². The molecule has 2 aliphatic rings. The Bertz CT molecular complexity index is 1360. The van der Waals surface area contributed by atoms with E-state index in [1.54, 1.807) is 18.2 Å². The van der Waals surface area contributed by atoms with Crippen LogP contribution in [0.5, 0.6) is 17.2 Å². The van der Waals surface area contributed by atoms with E-state index in [1.807, 2.05) is 13.0 Å². The Kier molecular flexibility index (Phi) is 2.65. The van der Waals surface area contributed by atoms with Crippen molar-refractivity contribution in [1.29, 1.82) is 0 Å². The average Bonchev–Trinajstić information content (AvgIpc) is 3.33. The van der Waals surface area contributed by atoms with Crippen molar-refractivity contribution in [3.8, 4) is 17.2 Å². The molecule has 0 bridgehead atoms. The summed E-state index contributed by atoms with van der Waals surface area (Å²) >= 11 is 0. The first-order chi connectivity index (χ1) is 13.1. The Labute approximate surface area is 152 Å². The van der Waals surface area contributed by atoms with E-state index in [0.29, 0.717) is 39.0 Å². The van der Waals surface area contributed by atoms with Crippen molar-refractivity contribution in [2.75, 3.05) is 6.79 Å². The molecule has 1 atom stereocenters. The Morgan fingerprint density at radius 2 is 1.74 bits per heavy atom. The average molecular weight is 362 g/mol. The number of rotatable bonds is 1. The summed E-state index contributed by atoms with van der Waals surface area (Å²) in [4.78, 5) is 12.7. The summed E-state index contributed by atoms with van der Waals surface area (Å²) in [5.74, 6) is 1.92. The lowest BCUT2D eigenvalue weighted by Crippen LogP contribution is -2.13. The van der Waals surface area contributed by atoms with E-state index >= 15 is 0 Å². The summed E-state index contributed by atoms with van der Waals surface area (Å²) in [6, 6.07) is 7.24. The van der Waals surface area contributed by atoms with E-state index in [-0.39, 0.29) is 12.9 Å². The highest BCUT2D eigenvalue weighted by atomic mass is 16.7. The van der Waals surface area contributed by atoms with Gasteiger partial charge in [-0.3, -0.25) is 0 Å². The van der Waals surface area contributed by atoms with Crippen molar-refractivity contribution in [1.82, 2.24) is 0 Å². The van der Waals surface area contributed by atoms with Crippen LogP contribution in [0.15, 0.2) is 50.0 Å². The Hall–Kier alpha value is -3.41. The number of benzene rings is 2. The second-order valence-corrected chi connectivity index (χ2v) is 7.01. The van der Waals surface area contributed by atoms with Crippen molar-refractivity contribution in [2.24, 2.45) is 0 Å². The lowest BCUT2D eigenvalue weighted by Gasteiger charge is -2.08. The van der Waals surface area contributed by atoms with Crippen LogP contribution in [0.2, 0.25) is 0 Å². The van der Waals surface area contributed by atoms with Gasteiger partial charge in [0, 0.05) is 23.9 Å². The van der Waals surface area contributed by atoms with Gasteiger partial charge in [-0.1, -0.05) is 6.58 Å². The first-order valence-electron chi connectivity index (χ1n) is 8.66. The molecule has 0 radical (unpaired) electrons. The van der Waals surface area contributed by atoms with Crippen molar-refractivity contribution in [2.45, 2.75) is 19.4 Å². The molecule has 2 aliphatic heterocycles. The molecule has 0 fully saturated rings. The van der Waals surface area contributed by atoms with Gasteiger partial charge in [-0.25, -0.2) is 4.79 Å². The third kappa shape index (κ3) is 1.92. The van der Waals surface area contributed by atoms with Crippen LogP contribution >= 0.6 is 0 Å². The first kappa shape index (κ1) is 14.7. The second kappa shape index (κ2) is 4.85. The number of ether oxygens (including phenoxy) is 3. The zero-order valence-electron chi connectivity index (χ0n) is 14.5. The van der Waals surface area contributed by atoms with Crippen molar-refractivity contribution >= 4 is 32.9 Å². The van der Waals surface area contributed by atoms with E-state index in [1.165, 1.54) is 0 Å². The maximum absolute atomic E-state index is 12.7. The zero-order valence-corrected chi connectivity index (χ0v) is 14.5. The molecule has 0 aliphatic carbocycles. The molecule has 2 aromatic carbocycles. The Balaban J connectivity index is 1.68. The Morgan fingerprint density at radius 1 is 1.00 bits per heavy atom. The fraction of sp³-hybridized carbons (Fsp3) is 0.190. The predicted octanol–water partition coefficient (Wildman–Crippen LogP) is 4.30. The third-order valence-corrected chi connectivity index (χ3v) is 5.22. The van der Waals surface area contributed by atoms with Gasteiger partial charge in [0.2, 0.25) is 6.79 Å². The number of furan rings is 1. The van der Waals surface area contributed by atoms with Crippen molar-refractivity contribution in [3.63, 3.8) is 0 Å². The van der Waals surface area contributed by atoms with E-state index < -0.39 is 5.63 Å². The largest absolute Gasteiger partial charge is 0.485 e. The standard InChI is InChI=1S/C21H14O6/c1-9(2)13-4-10-3-12-16(6-14(10)25-13)27-21(22)19-11-5-17-18(24-8-23-17)7-15(11)26-20(12)19/h3,5-7,13H,1,4,8H2,2H3. The zero-order chi connectivity index (χ0) is 18.3. The van der Waals surface area contributed by atoms with Gasteiger partial charge >= 0.3 is 5.63 Å². The van der Waals surface area contributed by atoms with Crippen LogP contribution in [0, 0.1) is 0 Å². The van der Waals surface area contributed by atoms with Gasteiger partial charge in [-0.2, -0.15) is 0 Å². The maximum atomic E-state index is 12.7. The summed E-state index contributed by atoms with van der Waals surface area (Å²) < 4.78 is 28.4. The highest BCUT2D eigenvalue weighted by Crippen LogP contribution is 2.42. The van der Waals surface area contributed by atoms with Gasteiger partial charge in [0.15, 0.2) is 17.1 Å². The normalized spacial score (nSPS) is 17.6. The molecule has 0 N–H and O–H groups in total. The molecule has 4 aromatic rings. The molecule has 6 rings (SSSR count). The second-order valence-electron chi connectivity index (χ2n) is 7.01. The van der Waals surface area contributed by atoms with Gasteiger partial charge in [-0.05, 0) is 30.2 Å². The summed E-state index contributed by atoms with van der Waals surface area (Å²) in [6.07, 6.45) is 0.671. The van der Waals surface area contributed by atoms with E-state index in [9.17, 15) is 4.79 Å². The summed E-state index contributed by atoms with van der Waals surface area (Å²) in [5, 5.41) is 1.81. The molecule has 6 nitrogen and oxygen atoms in total. The molecule has 134 valence electrons. The maximum Gasteiger partial charge on any atom is 0.348 e. The quantitative estimate of drug-likeness (QED) is 0.371. The van der Waals surface area contributed by atoms with Gasteiger partial charge in [0.25, 0.3) is 0 Å². The molecule has 4 heterocycles. The molecule has 2 aromatic heterocycles. The first-order valence-corrected chi connectivity index (χ1v) is 8.66. The lowest BCUT2D eigenvalue weighted by molar-refractivity contribution is 0.174. The van der Waals surface area contributed by atoms with E-state index in [0.717, 1.165) is 28.7 Å². The van der Waals surface area contributed by atoms with Crippen LogP contribution in [0.3, 0.4) is 0 Å². The van der Waals surface area contributed by atoms with Crippen molar-refractivity contribution < 1.29 is 23.0 Å². The minimum absolute atomic E-state index is 0.0630. The molecule has 6 heteroatoms. The minimum atomic E-state index is -0.454. The van der Waals surface area contributed by atoms with Crippen LogP contribution < -0.4 is 19.8 Å². The number of hydrogen-bond acceptors (Lipinski definition) is 6. The third-order valence-electron chi connectivity index (χ3n) is 5.22. The lowest BCUT2D eigenvalue weighted by atomic mass is 10.0. The van der Waals surface area contributed by atoms with Crippen LogP contribution in [0.1, 0.15) is 12.5 Å². The molecule has 0 amide bonds. The van der Waals surface area contributed by atoms with Crippen molar-refractivity contribution in [3.05, 3.63) is 52.4 Å². The number of fused-ring (bicyclic) bond motifs is 7. The summed E-state index contributed by atoms with van der Waals surface area (Å²) in [5.41, 5.74) is 3.05. The highest BCUT2D eigenvalue weighted by Gasteiger charge is 2.27. The highest BCUT2D eigenvalue weighted by molar-refractivity contribution is 6.13. The molecular weight excluding hydrogens is 348 g/mol. The minimum Gasteiger partial charge on any atom is -0.485 e. The Morgan fingerprint density at radius 3 is 2.56 bits per heavy atom. The smallest absolute Gasteiger partial charge is 0.348 e. The summed E-state index contributed by atoms with van der Waals surface area (Å²) in [6.45, 7) is 6.07. The van der Waals surface area contributed by atoms with Gasteiger partial charge in [-0.15, -0.1) is 0 Å². The monoisotopic (exact) mass is 362 g/mol. The fourth-order valence-electron chi connectivity index (χ4n) is 3.84. The van der Waals surface area contributed by atoms with Gasteiger partial charge < -0.3 is 23.0 Å². The van der Waals surface area contributed by atoms with Crippen LogP contribution in [-0.4, -0.2) is 12.9 Å². The van der Waals surface area contributed by atoms with E-state index in [2.05, 4.69) is 6.58 Å². The fourth-order valence-corrected chi connectivity index (χ4v) is 3.84. The molecule has 1 unspecified atom stereocenters. The molecule has 0 spiro atoms. The topological polar surface area (TPSA) is 71.0 Å². The summed E-state index contributed by atoms with van der Waals surface area (Å²) in [7, 11) is 0. The molecule has 0 saturated heterocycles. The van der Waals surface area contributed by atoms with Crippen LogP contribution in [0.4, 0.5) is 0 Å². The van der Waals surface area contributed by atoms with Crippen LogP contribution in [-0.2, 0) is 6.42 Å². The predicted molar refractivity (Wildman–Crippen MR) is 98.8 cm³/mol. The molecule has 0 saturated carbocycles. The van der Waals surface area contributed by atoms with Gasteiger partial charge in [0.1, 0.15) is 28.4 Å².